The van der Waals surface area contributed by atoms with Gasteiger partial charge in [0.25, 0.3) is 7.82 Å². The minimum atomic E-state index is -4.64. The quantitative estimate of drug-likeness (QED) is 0.0195. The monoisotopic (exact) mass is 894 g/mol. The number of allylic oxidation sites excluding steroid dienone is 8. The molecule has 0 bridgehead atoms. The van der Waals surface area contributed by atoms with Crippen LogP contribution in [0.1, 0.15) is 219 Å². The van der Waals surface area contributed by atoms with Crippen LogP contribution in [-0.2, 0) is 32.7 Å². The van der Waals surface area contributed by atoms with Crippen molar-refractivity contribution in [1.82, 2.24) is 0 Å². The van der Waals surface area contributed by atoms with Gasteiger partial charge in [-0.15, -0.1) is 0 Å². The van der Waals surface area contributed by atoms with Gasteiger partial charge in [-0.05, 0) is 70.6 Å². The Kier molecular flexibility index (Phi) is 42.7. The zero-order valence-electron chi connectivity index (χ0n) is 40.8. The molecule has 10 heteroatoms. The Labute approximate surface area is 382 Å². The summed E-state index contributed by atoms with van der Waals surface area (Å²) in [6, 6.07) is 0. The maximum Gasteiger partial charge on any atom is 0.306 e. The SMILES string of the molecule is CCCCCCCC/C=C\C/C=C\C/C=C\CCCC(=O)OC[C@H](COP(=O)([O-])OCC[N+](C)(C)C)OC(=O)CCCCCCCCCCCCC/C=C\CCCCCCCC. The molecule has 1 unspecified atom stereocenters. The second-order valence-corrected chi connectivity index (χ2v) is 19.6. The molecular formula is C52H96NO8P. The van der Waals surface area contributed by atoms with Crippen LogP contribution in [0, 0.1) is 0 Å². The van der Waals surface area contributed by atoms with Crippen LogP contribution in [0.15, 0.2) is 48.6 Å². The van der Waals surface area contributed by atoms with Crippen LogP contribution in [-0.4, -0.2) is 70.0 Å². The summed E-state index contributed by atoms with van der Waals surface area (Å²) in [5.41, 5.74) is 0. The van der Waals surface area contributed by atoms with Crippen molar-refractivity contribution in [3.05, 3.63) is 48.6 Å². The number of quaternary nitrogens is 1. The first-order valence-electron chi connectivity index (χ1n) is 25.3. The lowest BCUT2D eigenvalue weighted by molar-refractivity contribution is -0.870. The normalized spacial score (nSPS) is 13.8. The lowest BCUT2D eigenvalue weighted by Crippen LogP contribution is -2.37. The number of unbranched alkanes of at least 4 members (excludes halogenated alkanes) is 24. The number of carbonyl (C=O) groups is 2. The molecule has 0 saturated heterocycles. The minimum Gasteiger partial charge on any atom is -0.756 e. The van der Waals surface area contributed by atoms with E-state index in [1.165, 1.54) is 135 Å². The van der Waals surface area contributed by atoms with Crippen molar-refractivity contribution in [3.63, 3.8) is 0 Å². The number of phosphoric acid groups is 1. The number of hydrogen-bond donors (Lipinski definition) is 0. The van der Waals surface area contributed by atoms with Crippen molar-refractivity contribution in [2.45, 2.75) is 225 Å². The maximum absolute atomic E-state index is 12.7. The molecule has 0 aromatic heterocycles. The molecule has 0 N–H and O–H groups in total. The molecular weight excluding hydrogens is 798 g/mol. The second-order valence-electron chi connectivity index (χ2n) is 18.2. The fourth-order valence-electron chi connectivity index (χ4n) is 6.84. The Balaban J connectivity index is 4.32. The van der Waals surface area contributed by atoms with Crippen molar-refractivity contribution in [3.8, 4) is 0 Å². The molecule has 9 nitrogen and oxygen atoms in total. The number of likely N-dealkylation sites (N-methyl/N-ethyl adjacent to an activating group) is 1. The largest absolute Gasteiger partial charge is 0.756 e. The van der Waals surface area contributed by atoms with Crippen LogP contribution in [0.25, 0.3) is 0 Å². The molecule has 0 aromatic rings. The highest BCUT2D eigenvalue weighted by Crippen LogP contribution is 2.38. The molecule has 0 aliphatic carbocycles. The van der Waals surface area contributed by atoms with E-state index in [4.69, 9.17) is 18.5 Å². The molecule has 0 saturated carbocycles. The fourth-order valence-corrected chi connectivity index (χ4v) is 7.57. The summed E-state index contributed by atoms with van der Waals surface area (Å²) in [6.45, 7) is 4.18. The lowest BCUT2D eigenvalue weighted by atomic mass is 10.0. The van der Waals surface area contributed by atoms with E-state index in [1.54, 1.807) is 0 Å². The van der Waals surface area contributed by atoms with Gasteiger partial charge in [0.2, 0.25) is 0 Å². The molecule has 62 heavy (non-hydrogen) atoms. The van der Waals surface area contributed by atoms with Gasteiger partial charge in [-0.3, -0.25) is 14.2 Å². The lowest BCUT2D eigenvalue weighted by Gasteiger charge is -2.28. The molecule has 0 aliphatic heterocycles. The Morgan fingerprint density at radius 1 is 0.500 bits per heavy atom. The average molecular weight is 894 g/mol. The number of rotatable bonds is 46. The molecule has 0 fully saturated rings. The van der Waals surface area contributed by atoms with E-state index in [0.717, 1.165) is 44.9 Å². The number of phosphoric ester groups is 1. The third-order valence-corrected chi connectivity index (χ3v) is 11.8. The predicted molar refractivity (Wildman–Crippen MR) is 259 cm³/mol. The van der Waals surface area contributed by atoms with Gasteiger partial charge in [-0.25, -0.2) is 0 Å². The fraction of sp³-hybridized carbons (Fsp3) is 0.808. The number of hydrogen-bond acceptors (Lipinski definition) is 8. The molecule has 2 atom stereocenters. The zero-order valence-corrected chi connectivity index (χ0v) is 41.7. The van der Waals surface area contributed by atoms with E-state index < -0.39 is 32.5 Å². The third-order valence-electron chi connectivity index (χ3n) is 10.8. The van der Waals surface area contributed by atoms with E-state index in [1.807, 2.05) is 21.1 Å². The summed E-state index contributed by atoms with van der Waals surface area (Å²) < 4.78 is 34.0. The highest BCUT2D eigenvalue weighted by molar-refractivity contribution is 7.45. The van der Waals surface area contributed by atoms with Gasteiger partial charge in [-0.1, -0.05) is 184 Å². The van der Waals surface area contributed by atoms with Gasteiger partial charge in [0.1, 0.15) is 19.8 Å². The van der Waals surface area contributed by atoms with E-state index in [-0.39, 0.29) is 26.1 Å². The molecule has 0 aliphatic rings. The van der Waals surface area contributed by atoms with Crippen molar-refractivity contribution >= 4 is 19.8 Å². The van der Waals surface area contributed by atoms with Crippen molar-refractivity contribution in [1.29, 1.82) is 0 Å². The zero-order chi connectivity index (χ0) is 45.7. The van der Waals surface area contributed by atoms with Crippen LogP contribution in [0.3, 0.4) is 0 Å². The Morgan fingerprint density at radius 2 is 0.887 bits per heavy atom. The van der Waals surface area contributed by atoms with Gasteiger partial charge >= 0.3 is 11.9 Å². The number of carbonyl (C=O) groups excluding carboxylic acids is 2. The summed E-state index contributed by atoms with van der Waals surface area (Å²) in [5, 5.41) is 0. The molecule has 362 valence electrons. The first-order valence-corrected chi connectivity index (χ1v) is 26.8. The third kappa shape index (κ3) is 47.4. The van der Waals surface area contributed by atoms with Gasteiger partial charge < -0.3 is 27.9 Å². The Hall–Kier alpha value is -2.03. The van der Waals surface area contributed by atoms with Crippen LogP contribution < -0.4 is 4.89 Å². The van der Waals surface area contributed by atoms with Crippen molar-refractivity contribution in [2.75, 3.05) is 47.5 Å². The standard InChI is InChI=1S/C52H96NO8P/c1-6-8-10-12-14-16-18-20-22-24-25-26-27-29-31-33-35-37-39-41-43-45-52(55)61-50(49-60-62(56,57)59-47-46-53(3,4)5)48-58-51(54)44-42-40-38-36-34-32-30-28-23-21-19-17-15-13-11-9-7-2/h20-23,30,32,36,38,50H,6-19,24-29,31,33-35,37,39-49H2,1-5H3/b22-20-,23-21-,32-30-,38-36-/t50-/m1/s1. The Bertz CT molecular complexity index is 1190. The first-order chi connectivity index (χ1) is 30.0. The molecule has 0 aromatic carbocycles. The second kappa shape index (κ2) is 44.2. The molecule has 0 rings (SSSR count). The van der Waals surface area contributed by atoms with Crippen molar-refractivity contribution < 1.29 is 42.1 Å². The van der Waals surface area contributed by atoms with Gasteiger partial charge in [0.15, 0.2) is 6.10 Å². The summed E-state index contributed by atoms with van der Waals surface area (Å²) >= 11 is 0. The highest BCUT2D eigenvalue weighted by Gasteiger charge is 2.21. The summed E-state index contributed by atoms with van der Waals surface area (Å²) in [7, 11) is 1.14. The average Bonchev–Trinajstić information content (AvgIpc) is 3.23. The number of nitrogens with zero attached hydrogens (tertiary/aromatic N) is 1. The van der Waals surface area contributed by atoms with Gasteiger partial charge in [0, 0.05) is 12.8 Å². The van der Waals surface area contributed by atoms with E-state index in [9.17, 15) is 19.0 Å². The van der Waals surface area contributed by atoms with E-state index >= 15 is 0 Å². The molecule has 0 heterocycles. The highest BCUT2D eigenvalue weighted by atomic mass is 31.2. The molecule has 0 amide bonds. The van der Waals surface area contributed by atoms with E-state index in [0.29, 0.717) is 23.9 Å². The number of ether oxygens (including phenoxy) is 2. The van der Waals surface area contributed by atoms with Gasteiger partial charge in [-0.2, -0.15) is 0 Å². The Morgan fingerprint density at radius 3 is 1.35 bits per heavy atom. The van der Waals surface area contributed by atoms with Crippen LogP contribution >= 0.6 is 7.82 Å². The van der Waals surface area contributed by atoms with Crippen LogP contribution in [0.2, 0.25) is 0 Å². The first kappa shape index (κ1) is 60.0. The van der Waals surface area contributed by atoms with Crippen LogP contribution in [0.5, 0.6) is 0 Å². The molecule has 0 spiro atoms. The summed E-state index contributed by atoms with van der Waals surface area (Å²) in [4.78, 5) is 37.7. The van der Waals surface area contributed by atoms with Gasteiger partial charge in [0.05, 0.1) is 27.7 Å². The van der Waals surface area contributed by atoms with Crippen molar-refractivity contribution in [2.24, 2.45) is 0 Å². The molecule has 0 radical (unpaired) electrons. The predicted octanol–water partition coefficient (Wildman–Crippen LogP) is 14.4. The van der Waals surface area contributed by atoms with Crippen LogP contribution in [0.4, 0.5) is 0 Å². The maximum atomic E-state index is 12.7. The minimum absolute atomic E-state index is 0.0391. The summed E-state index contributed by atoms with van der Waals surface area (Å²) in [6.07, 6.45) is 52.9. The number of esters is 2. The topological polar surface area (TPSA) is 111 Å². The van der Waals surface area contributed by atoms with E-state index in [2.05, 4.69) is 62.5 Å². The summed E-state index contributed by atoms with van der Waals surface area (Å²) in [5.74, 6) is -0.892. The smallest absolute Gasteiger partial charge is 0.306 e.